The van der Waals surface area contributed by atoms with Gasteiger partial charge in [-0.2, -0.15) is 0 Å². The fourth-order valence-electron chi connectivity index (χ4n) is 3.82. The van der Waals surface area contributed by atoms with Crippen molar-refractivity contribution in [3.8, 4) is 0 Å². The van der Waals surface area contributed by atoms with Crippen molar-refractivity contribution in [2.45, 2.75) is 91.2 Å². The van der Waals surface area contributed by atoms with Crippen LogP contribution in [0.4, 0.5) is 0 Å². The molecular weight excluding hydrogens is 380 g/mol. The van der Waals surface area contributed by atoms with Gasteiger partial charge in [-0.3, -0.25) is 9.59 Å². The number of aliphatic hydroxyl groups excluding tert-OH is 1. The number of esters is 2. The third-order valence-corrected chi connectivity index (χ3v) is 5.45. The normalized spacial score (nSPS) is 57.4. The molecule has 3 unspecified atom stereocenters. The zero-order chi connectivity index (χ0) is 37.6. The molecule has 0 aromatic heterocycles. The van der Waals surface area contributed by atoms with Crippen LogP contribution < -0.4 is 0 Å². The first-order valence-corrected chi connectivity index (χ1v) is 9.73. The van der Waals surface area contributed by atoms with Crippen molar-refractivity contribution in [1.29, 1.82) is 1.43 Å². The summed E-state index contributed by atoms with van der Waals surface area (Å²) < 4.78 is 159. The number of allylic oxidation sites excluding steroid dienone is 3. The fourth-order valence-corrected chi connectivity index (χ4v) is 3.82. The second kappa shape index (κ2) is 9.25. The van der Waals surface area contributed by atoms with E-state index in [1.54, 1.807) is 0 Å². The molecule has 0 radical (unpaired) electrons. The number of rotatable bonds is 7. The van der Waals surface area contributed by atoms with Crippen LogP contribution in [0.15, 0.2) is 23.7 Å². The smallest absolute Gasteiger partial charge is 0.311 e. The van der Waals surface area contributed by atoms with Crippen molar-refractivity contribution < 1.29 is 47.5 Å². The number of hydrogen-bond acceptors (Lipinski definition) is 5. The quantitative estimate of drug-likeness (QED) is 0.591. The molecule has 1 aliphatic heterocycles. The summed E-state index contributed by atoms with van der Waals surface area (Å²) in [6, 6.07) is -2.23. The number of cyclic esters (lactones) is 1. The molecule has 1 heterocycles. The first-order valence-electron chi connectivity index (χ1n) is 18.6. The summed E-state index contributed by atoms with van der Waals surface area (Å²) in [4.78, 5) is 26.2. The summed E-state index contributed by atoms with van der Waals surface area (Å²) >= 11 is 0. The van der Waals surface area contributed by atoms with Crippen LogP contribution in [0.5, 0.6) is 0 Å². The van der Waals surface area contributed by atoms with Crippen LogP contribution in [0.1, 0.15) is 96.2 Å². The Balaban J connectivity index is 2.23. The van der Waals surface area contributed by atoms with E-state index in [2.05, 4.69) is 5.11 Å². The predicted octanol–water partition coefficient (Wildman–Crippen LogP) is 4.59. The molecule has 1 N–H and O–H groups in total. The zero-order valence-electron chi connectivity index (χ0n) is 35.0. The minimum atomic E-state index is -3.79. The van der Waals surface area contributed by atoms with Crippen molar-refractivity contribution >= 4 is 11.9 Å². The first-order chi connectivity index (χ1) is 21.3. The molecule has 168 valence electrons. The molecule has 0 aromatic rings. The van der Waals surface area contributed by atoms with Crippen molar-refractivity contribution in [3.63, 3.8) is 0 Å². The number of ether oxygens (including phenoxy) is 2. The van der Waals surface area contributed by atoms with E-state index >= 15 is 0 Å². The fraction of sp³-hybridized carbons (Fsp3) is 0.760. The maximum Gasteiger partial charge on any atom is 0.311 e. The molecule has 3 rings (SSSR count). The molecule has 1 fully saturated rings. The highest BCUT2D eigenvalue weighted by molar-refractivity contribution is 5.76. The topological polar surface area (TPSA) is 72.8 Å². The molecule has 0 amide bonds. The maximum absolute atomic E-state index is 13.9. The van der Waals surface area contributed by atoms with Gasteiger partial charge in [0.05, 0.1) is 22.0 Å². The Bertz CT molecular complexity index is 1380. The Morgan fingerprint density at radius 3 is 3.13 bits per heavy atom. The van der Waals surface area contributed by atoms with E-state index in [0.717, 1.165) is 6.92 Å². The van der Waals surface area contributed by atoms with Gasteiger partial charge in [-0.25, -0.2) is 0 Å². The Labute approximate surface area is 206 Å². The zero-order valence-corrected chi connectivity index (χ0v) is 17.0. The van der Waals surface area contributed by atoms with E-state index in [-0.39, 0.29) is 19.3 Å². The molecule has 5 heteroatoms. The van der Waals surface area contributed by atoms with Crippen LogP contribution >= 0.6 is 0 Å². The van der Waals surface area contributed by atoms with Gasteiger partial charge >= 0.3 is 11.9 Å². The number of hydrogen-bond donors (Lipinski definition) is 1. The summed E-state index contributed by atoms with van der Waals surface area (Å²) in [5.74, 6) is -11.2. The minimum absolute atomic E-state index is 0.227. The van der Waals surface area contributed by atoms with Gasteiger partial charge in [0.25, 0.3) is 0 Å². The van der Waals surface area contributed by atoms with Gasteiger partial charge in [0.1, 0.15) is 12.2 Å². The van der Waals surface area contributed by atoms with Crippen molar-refractivity contribution in [3.05, 3.63) is 23.7 Å². The third-order valence-electron chi connectivity index (χ3n) is 5.45. The van der Waals surface area contributed by atoms with E-state index in [9.17, 15) is 9.59 Å². The van der Waals surface area contributed by atoms with Gasteiger partial charge in [-0.1, -0.05) is 38.9 Å². The summed E-state index contributed by atoms with van der Waals surface area (Å²) in [6.45, 7) is -4.81. The van der Waals surface area contributed by atoms with Crippen molar-refractivity contribution in [2.24, 2.45) is 29.0 Å². The average Bonchev–Trinajstić information content (AvgIpc) is 2.92. The highest BCUT2D eigenvalue weighted by atomic mass is 16.6. The van der Waals surface area contributed by atoms with Crippen LogP contribution in [0.25, 0.3) is 0 Å². The van der Waals surface area contributed by atoms with E-state index in [1.807, 2.05) is 0 Å². The highest BCUT2D eigenvalue weighted by Gasteiger charge is 2.43. The van der Waals surface area contributed by atoms with E-state index in [1.165, 1.54) is 6.92 Å². The molecule has 0 aromatic carbocycles. The summed E-state index contributed by atoms with van der Waals surface area (Å²) in [6.07, 6.45) is -15.4. The van der Waals surface area contributed by atoms with E-state index in [0.29, 0.717) is 6.92 Å². The predicted molar refractivity (Wildman–Crippen MR) is 115 cm³/mol. The summed E-state index contributed by atoms with van der Waals surface area (Å²) in [7, 11) is 0. The van der Waals surface area contributed by atoms with Crippen LogP contribution in [0.2, 0.25) is 0 Å². The SMILES string of the molecule is [2H]O[C@@H]1CC(CC[C@@H]2[C@@H]3C(=C([2H])[C@]([2H])(C)C([2H])([2H])C3OC(=O)C(C)(C([2H])([2H])[2H])C([2H])([2H])C([2H])([2H])[2H])C([2H])=C([2H])[C@]2([2H])C)OC(=O)C1([2H])[2H]. The molecular formula is C25H38O5. The van der Waals surface area contributed by atoms with E-state index < -0.39 is 116 Å². The van der Waals surface area contributed by atoms with Gasteiger partial charge in [-0.15, -0.1) is 0 Å². The van der Waals surface area contributed by atoms with Crippen molar-refractivity contribution in [2.75, 3.05) is 0 Å². The van der Waals surface area contributed by atoms with E-state index in [4.69, 9.17) is 34.2 Å². The van der Waals surface area contributed by atoms with Crippen molar-refractivity contribution in [1.82, 2.24) is 0 Å². The minimum Gasteiger partial charge on any atom is -0.462 e. The lowest BCUT2D eigenvalue weighted by Gasteiger charge is -2.44. The monoisotopic (exact) mass is 436 g/mol. The Morgan fingerprint density at radius 1 is 1.57 bits per heavy atom. The molecule has 0 saturated carbocycles. The van der Waals surface area contributed by atoms with Crippen LogP contribution in [-0.2, 0) is 19.1 Å². The summed E-state index contributed by atoms with van der Waals surface area (Å²) in [5.41, 5.74) is -3.93. The maximum atomic E-state index is 13.9. The Morgan fingerprint density at radius 2 is 2.40 bits per heavy atom. The van der Waals surface area contributed by atoms with Gasteiger partial charge in [0, 0.05) is 31.5 Å². The second-order valence-corrected chi connectivity index (χ2v) is 7.92. The molecule has 3 aliphatic rings. The highest BCUT2D eigenvalue weighted by Crippen LogP contribution is 2.45. The molecule has 30 heavy (non-hydrogen) atoms. The van der Waals surface area contributed by atoms with Crippen LogP contribution in [-0.4, -0.2) is 36.8 Å². The lowest BCUT2D eigenvalue weighted by atomic mass is 9.65. The summed E-state index contributed by atoms with van der Waals surface area (Å²) in [5, 5.41) is 4.39. The largest absolute Gasteiger partial charge is 0.462 e. The van der Waals surface area contributed by atoms with Gasteiger partial charge < -0.3 is 14.6 Å². The molecule has 2 aliphatic carbocycles. The number of fused-ring (bicyclic) bond motifs is 1. The standard InChI is InChI=1S/C25H38O5/c1-6-25(4,5)24(28)30-21-12-15(2)11-17-8-7-16(3)20(23(17)21)10-9-19-13-18(26)14-22(27)29-19/h7-8,11,15-16,18-21,23,26H,6,9-10,12-14H2,1-5H3/t15-,16-,18+,19?,20-,21?,23-/m0/s1/i1D3,4D3,6D2,7D,8D,11D,12D2,14D2,15D,16D,26D/t15-,16-,18+,19?,20-,21?,23-,25?. The first kappa shape index (κ1) is 9.09. The molecule has 5 nitrogen and oxygen atoms in total. The Hall–Kier alpha value is -1.62. The molecule has 8 atom stereocenters. The van der Waals surface area contributed by atoms with Gasteiger partial charge in [-0.05, 0) is 62.6 Å². The number of aliphatic hydroxyl groups is 1. The van der Waals surface area contributed by atoms with Crippen LogP contribution in [0.3, 0.4) is 0 Å². The number of carbonyl (C=O) groups excluding carboxylic acids is 2. The average molecular weight is 437 g/mol. The van der Waals surface area contributed by atoms with Gasteiger partial charge in [0.15, 0.2) is 0 Å². The lowest BCUT2D eigenvalue weighted by molar-refractivity contribution is -0.166. The number of carbonyl (C=O) groups is 2. The molecule has 0 spiro atoms. The lowest BCUT2D eigenvalue weighted by Crippen LogP contribution is -2.43. The second-order valence-electron chi connectivity index (χ2n) is 7.92. The van der Waals surface area contributed by atoms with Gasteiger partial charge in [0.2, 0.25) is 1.43 Å². The Kier molecular flexibility index (Phi) is 2.80. The molecule has 1 saturated heterocycles. The molecule has 0 bridgehead atoms. The van der Waals surface area contributed by atoms with Crippen LogP contribution in [0, 0.1) is 29.0 Å². The third kappa shape index (κ3) is 5.16.